The Hall–Kier alpha value is -1.22. The number of phenols is 1. The fourth-order valence-corrected chi connectivity index (χ4v) is 5.85. The molecule has 2 fully saturated rings. The highest BCUT2D eigenvalue weighted by Crippen LogP contribution is 2.67. The summed E-state index contributed by atoms with van der Waals surface area (Å²) in [6.45, 7) is 0. The lowest BCUT2D eigenvalue weighted by molar-refractivity contribution is -0.168. The fraction of sp³-hybridized carbons (Fsp3) is 0.647. The molecule has 2 bridgehead atoms. The zero-order chi connectivity index (χ0) is 13.5. The van der Waals surface area contributed by atoms with Crippen LogP contribution in [0.5, 0.6) is 11.5 Å². The van der Waals surface area contributed by atoms with E-state index in [4.69, 9.17) is 4.74 Å². The maximum absolute atomic E-state index is 11.5. The molecule has 4 atom stereocenters. The van der Waals surface area contributed by atoms with Crippen molar-refractivity contribution in [1.29, 1.82) is 0 Å². The van der Waals surface area contributed by atoms with Crippen LogP contribution in [-0.2, 0) is 11.8 Å². The van der Waals surface area contributed by atoms with Crippen LogP contribution in [0, 0.1) is 5.92 Å². The first kappa shape index (κ1) is 11.4. The molecule has 0 radical (unpaired) electrons. The molecule has 0 amide bonds. The van der Waals surface area contributed by atoms with Gasteiger partial charge in [-0.3, -0.25) is 0 Å². The smallest absolute Gasteiger partial charge is 0.165 e. The van der Waals surface area contributed by atoms with Crippen molar-refractivity contribution in [2.45, 2.75) is 62.1 Å². The Labute approximate surface area is 118 Å². The van der Waals surface area contributed by atoms with E-state index < -0.39 is 5.60 Å². The van der Waals surface area contributed by atoms with Crippen LogP contribution in [0.15, 0.2) is 12.1 Å². The van der Waals surface area contributed by atoms with Crippen LogP contribution in [0.1, 0.15) is 49.7 Å². The summed E-state index contributed by atoms with van der Waals surface area (Å²) >= 11 is 0. The third-order valence-corrected chi connectivity index (χ3v) is 6.54. The second kappa shape index (κ2) is 3.33. The van der Waals surface area contributed by atoms with E-state index in [0.717, 1.165) is 44.1 Å². The van der Waals surface area contributed by atoms with Gasteiger partial charge in [0.15, 0.2) is 11.5 Å². The Morgan fingerprint density at radius 2 is 2.00 bits per heavy atom. The van der Waals surface area contributed by atoms with Crippen LogP contribution >= 0.6 is 0 Å². The number of hydrogen-bond donors (Lipinski definition) is 2. The van der Waals surface area contributed by atoms with Crippen molar-refractivity contribution in [3.8, 4) is 11.5 Å². The van der Waals surface area contributed by atoms with E-state index in [-0.39, 0.29) is 17.3 Å². The predicted molar refractivity (Wildman–Crippen MR) is 74.0 cm³/mol. The van der Waals surface area contributed by atoms with E-state index in [0.29, 0.717) is 11.7 Å². The summed E-state index contributed by atoms with van der Waals surface area (Å²) in [4.78, 5) is 0. The van der Waals surface area contributed by atoms with Gasteiger partial charge >= 0.3 is 0 Å². The van der Waals surface area contributed by atoms with Gasteiger partial charge in [0.2, 0.25) is 0 Å². The first-order valence-corrected chi connectivity index (χ1v) is 7.91. The average molecular weight is 272 g/mol. The van der Waals surface area contributed by atoms with Crippen molar-refractivity contribution in [1.82, 2.24) is 0 Å². The van der Waals surface area contributed by atoms with E-state index in [9.17, 15) is 10.2 Å². The first-order chi connectivity index (χ1) is 9.67. The predicted octanol–water partition coefficient (Wildman–Crippen LogP) is 2.66. The molecule has 2 saturated carbocycles. The van der Waals surface area contributed by atoms with Crippen LogP contribution in [-0.4, -0.2) is 21.9 Å². The lowest BCUT2D eigenvalue weighted by atomic mass is 9.46. The number of ether oxygens (including phenoxy) is 1. The zero-order valence-corrected chi connectivity index (χ0v) is 11.6. The Morgan fingerprint density at radius 1 is 1.15 bits per heavy atom. The molecule has 5 rings (SSSR count). The lowest BCUT2D eigenvalue weighted by Gasteiger charge is -2.60. The first-order valence-electron chi connectivity index (χ1n) is 7.91. The maximum atomic E-state index is 11.5. The van der Waals surface area contributed by atoms with Crippen LogP contribution in [0.25, 0.3) is 0 Å². The molecule has 1 heterocycles. The average Bonchev–Trinajstić information content (AvgIpc) is 2.75. The van der Waals surface area contributed by atoms with Gasteiger partial charge in [-0.05, 0) is 56.1 Å². The number of hydrogen-bond acceptors (Lipinski definition) is 3. The molecule has 106 valence electrons. The van der Waals surface area contributed by atoms with Crippen molar-refractivity contribution in [2.75, 3.05) is 0 Å². The number of phenolic OH excluding ortho intramolecular Hbond substituents is 1. The van der Waals surface area contributed by atoms with Gasteiger partial charge in [0, 0.05) is 5.56 Å². The third-order valence-electron chi connectivity index (χ3n) is 6.54. The second-order valence-corrected chi connectivity index (χ2v) is 7.14. The highest BCUT2D eigenvalue weighted by atomic mass is 16.5. The molecule has 0 aromatic heterocycles. The van der Waals surface area contributed by atoms with Gasteiger partial charge in [-0.2, -0.15) is 0 Å². The number of rotatable bonds is 0. The molecule has 20 heavy (non-hydrogen) atoms. The Bertz CT molecular complexity index is 610. The third kappa shape index (κ3) is 0.996. The molecule has 1 aliphatic heterocycles. The van der Waals surface area contributed by atoms with Gasteiger partial charge in [0.25, 0.3) is 0 Å². The van der Waals surface area contributed by atoms with Gasteiger partial charge in [0.05, 0.1) is 11.0 Å². The minimum absolute atomic E-state index is 0.0615. The molecular weight excluding hydrogens is 252 g/mol. The minimum Gasteiger partial charge on any atom is -0.504 e. The molecule has 3 aliphatic carbocycles. The number of benzene rings is 1. The lowest BCUT2D eigenvalue weighted by Crippen LogP contribution is -2.67. The highest BCUT2D eigenvalue weighted by molar-refractivity contribution is 5.61. The molecule has 3 nitrogen and oxygen atoms in total. The van der Waals surface area contributed by atoms with Crippen molar-refractivity contribution in [3.63, 3.8) is 0 Å². The molecule has 4 aliphatic rings. The molecule has 2 unspecified atom stereocenters. The Kier molecular flexibility index (Phi) is 1.90. The molecule has 1 aromatic rings. The maximum Gasteiger partial charge on any atom is 0.165 e. The van der Waals surface area contributed by atoms with E-state index in [1.54, 1.807) is 6.07 Å². The number of aromatic hydroxyl groups is 1. The highest BCUT2D eigenvalue weighted by Gasteiger charge is 2.69. The van der Waals surface area contributed by atoms with Gasteiger partial charge < -0.3 is 14.9 Å². The van der Waals surface area contributed by atoms with E-state index >= 15 is 0 Å². The van der Waals surface area contributed by atoms with Crippen LogP contribution in [0.4, 0.5) is 0 Å². The van der Waals surface area contributed by atoms with Crippen LogP contribution in [0.3, 0.4) is 0 Å². The molecule has 2 N–H and O–H groups in total. The van der Waals surface area contributed by atoms with Crippen molar-refractivity contribution in [3.05, 3.63) is 23.3 Å². The summed E-state index contributed by atoms with van der Waals surface area (Å²) in [7, 11) is 0. The topological polar surface area (TPSA) is 49.7 Å². The monoisotopic (exact) mass is 272 g/mol. The second-order valence-electron chi connectivity index (χ2n) is 7.14. The normalized spacial score (nSPS) is 43.9. The minimum atomic E-state index is -0.611. The Morgan fingerprint density at radius 3 is 2.90 bits per heavy atom. The van der Waals surface area contributed by atoms with E-state index in [1.165, 1.54) is 12.0 Å². The van der Waals surface area contributed by atoms with Crippen molar-refractivity contribution < 1.29 is 14.9 Å². The molecule has 0 saturated heterocycles. The Balaban J connectivity index is 1.88. The quantitative estimate of drug-likeness (QED) is 0.763. The molecule has 3 heteroatoms. The summed E-state index contributed by atoms with van der Waals surface area (Å²) < 4.78 is 6.16. The standard InChI is InChI=1S/C17H20O3/c18-12-6-5-10-9-11-3-1-7-16-13(20-15(12)14(10)16)4-2-8-17(11,16)19/h5-6,11,13,18-19H,1-4,7-9H2/t11-,13?,16-,17?/m1/s1. The summed E-state index contributed by atoms with van der Waals surface area (Å²) in [5.74, 6) is 1.29. The molecule has 1 aromatic carbocycles. The summed E-state index contributed by atoms with van der Waals surface area (Å²) in [5, 5.41) is 21.7. The van der Waals surface area contributed by atoms with Crippen molar-refractivity contribution in [2.24, 2.45) is 5.92 Å². The van der Waals surface area contributed by atoms with Gasteiger partial charge in [-0.15, -0.1) is 0 Å². The van der Waals surface area contributed by atoms with E-state index in [1.807, 2.05) is 6.07 Å². The summed E-state index contributed by atoms with van der Waals surface area (Å²) in [5.41, 5.74) is 1.60. The van der Waals surface area contributed by atoms with Crippen LogP contribution in [0.2, 0.25) is 0 Å². The fourth-order valence-electron chi connectivity index (χ4n) is 5.85. The zero-order valence-electron chi connectivity index (χ0n) is 11.6. The summed E-state index contributed by atoms with van der Waals surface area (Å²) in [6, 6.07) is 3.82. The molecule has 1 spiro atoms. The van der Waals surface area contributed by atoms with Gasteiger partial charge in [-0.1, -0.05) is 12.5 Å². The van der Waals surface area contributed by atoms with Crippen molar-refractivity contribution >= 4 is 0 Å². The van der Waals surface area contributed by atoms with E-state index in [2.05, 4.69) is 0 Å². The number of aliphatic hydroxyl groups is 1. The largest absolute Gasteiger partial charge is 0.504 e. The molecular formula is C17H20O3. The SMILES string of the molecule is Oc1ccc2c3c1OC1CCCC4(O)[C@H](CCC[C@]314)C2. The van der Waals surface area contributed by atoms with Gasteiger partial charge in [0.1, 0.15) is 6.10 Å². The summed E-state index contributed by atoms with van der Waals surface area (Å²) in [6.07, 6.45) is 7.23. The van der Waals surface area contributed by atoms with Crippen LogP contribution < -0.4 is 4.74 Å². The van der Waals surface area contributed by atoms with Gasteiger partial charge in [-0.25, -0.2) is 0 Å².